The van der Waals surface area contributed by atoms with Crippen molar-refractivity contribution in [3.8, 4) is 0 Å². The van der Waals surface area contributed by atoms with E-state index in [0.717, 1.165) is 16.8 Å². The van der Waals surface area contributed by atoms with E-state index in [1.54, 1.807) is 0 Å². The number of anilines is 1. The fraction of sp³-hybridized carbons (Fsp3) is 0.417. The molecule has 0 aromatic heterocycles. The molecule has 0 aliphatic carbocycles. The monoisotopic (exact) mass is 243 g/mol. The molecule has 0 unspecified atom stereocenters. The average Bonchev–Trinajstić information content (AvgIpc) is 2.20. The molecule has 4 heteroatoms. The van der Waals surface area contributed by atoms with Crippen molar-refractivity contribution in [2.24, 2.45) is 0 Å². The van der Waals surface area contributed by atoms with Gasteiger partial charge in [0.1, 0.15) is 0 Å². The third kappa shape index (κ3) is 4.53. The van der Waals surface area contributed by atoms with Gasteiger partial charge in [0, 0.05) is 12.1 Å². The highest BCUT2D eigenvalue weighted by Crippen LogP contribution is 2.14. The maximum atomic E-state index is 11.1. The van der Waals surface area contributed by atoms with Crippen molar-refractivity contribution in [1.82, 2.24) is 0 Å². The Morgan fingerprint density at radius 2 is 2.12 bits per heavy atom. The fourth-order valence-electron chi connectivity index (χ4n) is 1.33. The molecule has 0 bridgehead atoms. The number of carbonyl (C=O) groups excluding carboxylic acids is 1. The Hall–Kier alpha value is -1.22. The quantitative estimate of drug-likeness (QED) is 0.653. The van der Waals surface area contributed by atoms with Crippen LogP contribution in [0.4, 0.5) is 5.69 Å². The molecular formula is C12H18ClNO2. The lowest BCUT2D eigenvalue weighted by atomic mass is 10.1. The second kappa shape index (κ2) is 7.12. The molecule has 0 amide bonds. The maximum absolute atomic E-state index is 11.1. The molecule has 0 fully saturated rings. The van der Waals surface area contributed by atoms with Gasteiger partial charge in [0.25, 0.3) is 0 Å². The van der Waals surface area contributed by atoms with Gasteiger partial charge in [-0.3, -0.25) is 4.79 Å². The number of halogens is 1. The zero-order valence-corrected chi connectivity index (χ0v) is 10.5. The molecule has 3 nitrogen and oxygen atoms in total. The first-order valence-electron chi connectivity index (χ1n) is 5.14. The summed E-state index contributed by atoms with van der Waals surface area (Å²) in [5.74, 6) is -0.156. The molecule has 0 saturated carbocycles. The van der Waals surface area contributed by atoms with Gasteiger partial charge in [-0.05, 0) is 37.5 Å². The Balaban J connectivity index is 0.00000225. The summed E-state index contributed by atoms with van der Waals surface area (Å²) in [5, 5.41) is 0. The first-order valence-corrected chi connectivity index (χ1v) is 5.14. The second-order valence-electron chi connectivity index (χ2n) is 3.50. The van der Waals surface area contributed by atoms with Crippen molar-refractivity contribution in [2.45, 2.75) is 26.7 Å². The molecule has 0 heterocycles. The zero-order chi connectivity index (χ0) is 11.3. The van der Waals surface area contributed by atoms with Crippen LogP contribution in [-0.2, 0) is 16.0 Å². The lowest BCUT2D eigenvalue weighted by molar-refractivity contribution is -0.143. The van der Waals surface area contributed by atoms with Gasteiger partial charge < -0.3 is 10.5 Å². The van der Waals surface area contributed by atoms with E-state index in [1.807, 2.05) is 32.0 Å². The topological polar surface area (TPSA) is 52.3 Å². The number of hydrogen-bond donors (Lipinski definition) is 1. The van der Waals surface area contributed by atoms with Gasteiger partial charge in [0.2, 0.25) is 0 Å². The summed E-state index contributed by atoms with van der Waals surface area (Å²) in [4.78, 5) is 11.1. The first kappa shape index (κ1) is 14.8. The summed E-state index contributed by atoms with van der Waals surface area (Å²) in [6.45, 7) is 4.21. The van der Waals surface area contributed by atoms with Gasteiger partial charge in [-0.15, -0.1) is 12.4 Å². The van der Waals surface area contributed by atoms with E-state index in [0.29, 0.717) is 19.4 Å². The number of aryl methyl sites for hydroxylation is 2. The average molecular weight is 244 g/mol. The number of hydrogen-bond acceptors (Lipinski definition) is 3. The SMILES string of the molecule is CCOC(=O)CCc1ccc(C)c(N)c1.Cl. The Bertz CT molecular complexity index is 353. The largest absolute Gasteiger partial charge is 0.466 e. The van der Waals surface area contributed by atoms with Gasteiger partial charge >= 0.3 is 5.97 Å². The Kier molecular flexibility index (Phi) is 6.58. The number of ether oxygens (including phenoxy) is 1. The summed E-state index contributed by atoms with van der Waals surface area (Å²) in [6, 6.07) is 5.87. The molecule has 0 atom stereocenters. The predicted molar refractivity (Wildman–Crippen MR) is 67.8 cm³/mol. The third-order valence-corrected chi connectivity index (χ3v) is 2.27. The molecule has 2 N–H and O–H groups in total. The minimum absolute atomic E-state index is 0. The molecule has 0 aliphatic rings. The molecule has 1 rings (SSSR count). The fourth-order valence-corrected chi connectivity index (χ4v) is 1.33. The van der Waals surface area contributed by atoms with Gasteiger partial charge in [0.05, 0.1) is 6.61 Å². The number of benzene rings is 1. The predicted octanol–water partition coefficient (Wildman–Crippen LogP) is 2.49. The summed E-state index contributed by atoms with van der Waals surface area (Å²) >= 11 is 0. The van der Waals surface area contributed by atoms with Crippen LogP contribution in [0, 0.1) is 6.92 Å². The van der Waals surface area contributed by atoms with E-state index < -0.39 is 0 Å². The van der Waals surface area contributed by atoms with Crippen LogP contribution in [0.3, 0.4) is 0 Å². The highest BCUT2D eigenvalue weighted by molar-refractivity contribution is 5.85. The van der Waals surface area contributed by atoms with E-state index in [2.05, 4.69) is 0 Å². The molecule has 1 aromatic rings. The first-order chi connectivity index (χ1) is 7.13. The number of esters is 1. The standard InChI is InChI=1S/C12H17NO2.ClH/c1-3-15-12(14)7-6-10-5-4-9(2)11(13)8-10;/h4-5,8H,3,6-7,13H2,1-2H3;1H. The Morgan fingerprint density at radius 3 is 2.69 bits per heavy atom. The molecule has 16 heavy (non-hydrogen) atoms. The lowest BCUT2D eigenvalue weighted by Gasteiger charge is -2.05. The summed E-state index contributed by atoms with van der Waals surface area (Å²) in [5.41, 5.74) is 8.68. The van der Waals surface area contributed by atoms with Gasteiger partial charge in [-0.25, -0.2) is 0 Å². The molecule has 0 spiro atoms. The molecular weight excluding hydrogens is 226 g/mol. The van der Waals surface area contributed by atoms with Crippen molar-refractivity contribution in [2.75, 3.05) is 12.3 Å². The summed E-state index contributed by atoms with van der Waals surface area (Å²) < 4.78 is 4.85. The van der Waals surface area contributed by atoms with Gasteiger partial charge in [-0.1, -0.05) is 12.1 Å². The maximum Gasteiger partial charge on any atom is 0.306 e. The number of nitrogen functional groups attached to an aromatic ring is 1. The summed E-state index contributed by atoms with van der Waals surface area (Å²) in [6.07, 6.45) is 1.10. The number of rotatable bonds is 4. The van der Waals surface area contributed by atoms with E-state index in [-0.39, 0.29) is 18.4 Å². The van der Waals surface area contributed by atoms with Crippen LogP contribution < -0.4 is 5.73 Å². The molecule has 90 valence electrons. The second-order valence-corrected chi connectivity index (χ2v) is 3.50. The zero-order valence-electron chi connectivity index (χ0n) is 9.66. The van der Waals surface area contributed by atoms with Gasteiger partial charge in [-0.2, -0.15) is 0 Å². The van der Waals surface area contributed by atoms with Gasteiger partial charge in [0.15, 0.2) is 0 Å². The van der Waals surface area contributed by atoms with E-state index in [4.69, 9.17) is 10.5 Å². The molecule has 0 radical (unpaired) electrons. The van der Waals surface area contributed by atoms with Crippen LogP contribution in [-0.4, -0.2) is 12.6 Å². The van der Waals surface area contributed by atoms with Crippen LogP contribution in [0.1, 0.15) is 24.5 Å². The van der Waals surface area contributed by atoms with Crippen molar-refractivity contribution in [3.63, 3.8) is 0 Å². The Labute approximate surface area is 102 Å². The smallest absolute Gasteiger partial charge is 0.306 e. The van der Waals surface area contributed by atoms with Crippen LogP contribution >= 0.6 is 12.4 Å². The number of nitrogens with two attached hydrogens (primary N) is 1. The third-order valence-electron chi connectivity index (χ3n) is 2.27. The highest BCUT2D eigenvalue weighted by atomic mass is 35.5. The van der Waals surface area contributed by atoms with Crippen LogP contribution in [0.5, 0.6) is 0 Å². The highest BCUT2D eigenvalue weighted by Gasteiger charge is 2.03. The minimum Gasteiger partial charge on any atom is -0.466 e. The van der Waals surface area contributed by atoms with Crippen molar-refractivity contribution >= 4 is 24.1 Å². The van der Waals surface area contributed by atoms with Crippen molar-refractivity contribution < 1.29 is 9.53 Å². The normalized spacial score (nSPS) is 9.38. The van der Waals surface area contributed by atoms with Crippen LogP contribution in [0.25, 0.3) is 0 Å². The van der Waals surface area contributed by atoms with Crippen molar-refractivity contribution in [3.05, 3.63) is 29.3 Å². The number of carbonyl (C=O) groups is 1. The van der Waals surface area contributed by atoms with E-state index >= 15 is 0 Å². The Morgan fingerprint density at radius 1 is 1.44 bits per heavy atom. The summed E-state index contributed by atoms with van der Waals surface area (Å²) in [7, 11) is 0. The van der Waals surface area contributed by atoms with E-state index in [9.17, 15) is 4.79 Å². The van der Waals surface area contributed by atoms with Crippen molar-refractivity contribution in [1.29, 1.82) is 0 Å². The van der Waals surface area contributed by atoms with Crippen LogP contribution in [0.2, 0.25) is 0 Å². The van der Waals surface area contributed by atoms with Crippen LogP contribution in [0.15, 0.2) is 18.2 Å². The molecule has 0 aliphatic heterocycles. The minimum atomic E-state index is -0.156. The molecule has 0 saturated heterocycles. The molecule has 1 aromatic carbocycles. The lowest BCUT2D eigenvalue weighted by Crippen LogP contribution is -2.05. The van der Waals surface area contributed by atoms with E-state index in [1.165, 1.54) is 0 Å².